The van der Waals surface area contributed by atoms with Crippen LogP contribution in [0.4, 0.5) is 0 Å². The number of rotatable bonds is 4. The van der Waals surface area contributed by atoms with Crippen LogP contribution in [-0.4, -0.2) is 24.9 Å². The monoisotopic (exact) mass is 275 g/mol. The van der Waals surface area contributed by atoms with Crippen LogP contribution in [0.15, 0.2) is 36.4 Å². The summed E-state index contributed by atoms with van der Waals surface area (Å²) in [5.74, 6) is 4.88. The lowest BCUT2D eigenvalue weighted by Gasteiger charge is -2.06. The van der Waals surface area contributed by atoms with Gasteiger partial charge in [-0.3, -0.25) is 10.2 Å². The third-order valence-corrected chi connectivity index (χ3v) is 3.79. The molecule has 1 aromatic heterocycles. The van der Waals surface area contributed by atoms with E-state index < -0.39 is 0 Å². The van der Waals surface area contributed by atoms with Gasteiger partial charge in [0.2, 0.25) is 0 Å². The quantitative estimate of drug-likeness (QED) is 0.510. The van der Waals surface area contributed by atoms with E-state index in [1.54, 1.807) is 17.4 Å². The van der Waals surface area contributed by atoms with Gasteiger partial charge in [-0.15, -0.1) is 11.3 Å². The van der Waals surface area contributed by atoms with Gasteiger partial charge >= 0.3 is 0 Å². The van der Waals surface area contributed by atoms with E-state index >= 15 is 0 Å². The Morgan fingerprint density at radius 3 is 2.79 bits per heavy atom. The van der Waals surface area contributed by atoms with Crippen LogP contribution >= 0.6 is 11.3 Å². The number of nitrogens with two attached hydrogens (primary N) is 1. The molecule has 0 aliphatic carbocycles. The summed E-state index contributed by atoms with van der Waals surface area (Å²) in [6.45, 7) is 0.924. The summed E-state index contributed by atoms with van der Waals surface area (Å²) in [5, 5.41) is 0. The number of carbonyl (C=O) groups excluding carboxylic acids is 1. The molecule has 0 unspecified atom stereocenters. The smallest absolute Gasteiger partial charge is 0.265 e. The summed E-state index contributed by atoms with van der Waals surface area (Å²) >= 11 is 1.74. The maximum atomic E-state index is 11.5. The summed E-state index contributed by atoms with van der Waals surface area (Å²) in [7, 11) is 4.09. The van der Waals surface area contributed by atoms with E-state index in [9.17, 15) is 4.79 Å². The predicted molar refractivity (Wildman–Crippen MR) is 78.8 cm³/mol. The number of nitrogens with one attached hydrogen (secondary N) is 1. The van der Waals surface area contributed by atoms with Crippen molar-refractivity contribution in [1.82, 2.24) is 10.3 Å². The molecule has 4 nitrogen and oxygen atoms in total. The van der Waals surface area contributed by atoms with E-state index in [0.717, 1.165) is 17.0 Å². The molecule has 1 amide bonds. The highest BCUT2D eigenvalue weighted by Gasteiger charge is 2.07. The molecule has 0 fully saturated rings. The lowest BCUT2D eigenvalue weighted by molar-refractivity contribution is 0.0953. The summed E-state index contributed by atoms with van der Waals surface area (Å²) in [5.41, 5.74) is 3.76. The largest absolute Gasteiger partial charge is 0.304 e. The second-order valence-corrected chi connectivity index (χ2v) is 5.73. The zero-order valence-electron chi connectivity index (χ0n) is 11.0. The third kappa shape index (κ3) is 3.41. The molecule has 19 heavy (non-hydrogen) atoms. The van der Waals surface area contributed by atoms with Gasteiger partial charge in [0.1, 0.15) is 0 Å². The average molecular weight is 275 g/mol. The van der Waals surface area contributed by atoms with Crippen LogP contribution in [0.3, 0.4) is 0 Å². The first-order valence-corrected chi connectivity index (χ1v) is 6.76. The fraction of sp³-hybridized carbons (Fsp3) is 0.214. The third-order valence-electron chi connectivity index (χ3n) is 2.67. The van der Waals surface area contributed by atoms with E-state index in [4.69, 9.17) is 5.84 Å². The normalized spacial score (nSPS) is 10.7. The van der Waals surface area contributed by atoms with Gasteiger partial charge in [0.05, 0.1) is 0 Å². The zero-order valence-corrected chi connectivity index (χ0v) is 11.8. The van der Waals surface area contributed by atoms with Crippen molar-refractivity contribution in [2.75, 3.05) is 14.1 Å². The Bertz CT molecular complexity index is 578. The van der Waals surface area contributed by atoms with Crippen molar-refractivity contribution in [1.29, 1.82) is 0 Å². The van der Waals surface area contributed by atoms with Crippen molar-refractivity contribution in [3.05, 3.63) is 46.8 Å². The van der Waals surface area contributed by atoms with Gasteiger partial charge in [0.15, 0.2) is 0 Å². The van der Waals surface area contributed by atoms with Crippen molar-refractivity contribution in [3.63, 3.8) is 0 Å². The summed E-state index contributed by atoms with van der Waals surface area (Å²) in [6, 6.07) is 11.7. The van der Waals surface area contributed by atoms with Crippen LogP contribution in [0, 0.1) is 0 Å². The Morgan fingerprint density at radius 2 is 2.11 bits per heavy atom. The zero-order chi connectivity index (χ0) is 13.8. The molecule has 5 heteroatoms. The molecular formula is C14H17N3OS. The minimum absolute atomic E-state index is 0.271. The number of nitrogens with zero attached hydrogens (tertiary/aromatic N) is 1. The molecule has 100 valence electrons. The number of nitrogen functional groups attached to an aromatic ring is 1. The van der Waals surface area contributed by atoms with Crippen LogP contribution in [0.1, 0.15) is 15.2 Å². The summed E-state index contributed by atoms with van der Waals surface area (Å²) in [6.07, 6.45) is 0. The highest BCUT2D eigenvalue weighted by molar-refractivity contribution is 7.15. The van der Waals surface area contributed by atoms with Gasteiger partial charge < -0.3 is 4.90 Å². The minimum atomic E-state index is -0.271. The maximum absolute atomic E-state index is 11.5. The molecule has 0 atom stereocenters. The van der Waals surface area contributed by atoms with Crippen LogP contribution in [0.25, 0.3) is 10.4 Å². The van der Waals surface area contributed by atoms with Crippen LogP contribution < -0.4 is 11.3 Å². The molecule has 2 aromatic rings. The number of thiophene rings is 1. The van der Waals surface area contributed by atoms with E-state index in [0.29, 0.717) is 5.56 Å². The maximum Gasteiger partial charge on any atom is 0.265 e. The van der Waals surface area contributed by atoms with Gasteiger partial charge in [-0.2, -0.15) is 0 Å². The number of hydrogen-bond acceptors (Lipinski definition) is 4. The molecule has 3 N–H and O–H groups in total. The Labute approximate surface area is 116 Å². The van der Waals surface area contributed by atoms with Gasteiger partial charge in [0, 0.05) is 21.9 Å². The van der Waals surface area contributed by atoms with E-state index in [2.05, 4.69) is 22.5 Å². The first kappa shape index (κ1) is 13.7. The molecule has 0 spiro atoms. The standard InChI is InChI=1S/C14H17N3OS/c1-17(2)9-12-6-7-13(19-12)10-4-3-5-11(8-10)14(18)16-15/h3-8H,9,15H2,1-2H3,(H,16,18). The molecule has 2 rings (SSSR count). The van der Waals surface area contributed by atoms with Crippen LogP contribution in [0.5, 0.6) is 0 Å². The number of hydrazine groups is 1. The van der Waals surface area contributed by atoms with Crippen molar-refractivity contribution in [2.45, 2.75) is 6.54 Å². The Hall–Kier alpha value is -1.69. The second-order valence-electron chi connectivity index (χ2n) is 4.56. The molecule has 0 aliphatic heterocycles. The highest BCUT2D eigenvalue weighted by Crippen LogP contribution is 2.29. The molecule has 0 aliphatic rings. The van der Waals surface area contributed by atoms with Crippen molar-refractivity contribution >= 4 is 17.2 Å². The fourth-order valence-corrected chi connectivity index (χ4v) is 2.95. The highest BCUT2D eigenvalue weighted by atomic mass is 32.1. The number of benzene rings is 1. The van der Waals surface area contributed by atoms with Crippen LogP contribution in [0.2, 0.25) is 0 Å². The molecule has 1 heterocycles. The first-order chi connectivity index (χ1) is 9.10. The van der Waals surface area contributed by atoms with Crippen molar-refractivity contribution in [3.8, 4) is 10.4 Å². The second kappa shape index (κ2) is 5.97. The van der Waals surface area contributed by atoms with Crippen LogP contribution in [-0.2, 0) is 6.54 Å². The van der Waals surface area contributed by atoms with Gasteiger partial charge in [-0.05, 0) is 43.9 Å². The van der Waals surface area contributed by atoms with Crippen molar-refractivity contribution < 1.29 is 4.79 Å². The molecular weight excluding hydrogens is 258 g/mol. The number of hydrogen-bond donors (Lipinski definition) is 2. The van der Waals surface area contributed by atoms with E-state index in [1.807, 2.05) is 32.3 Å². The predicted octanol–water partition coefficient (Wildman–Crippen LogP) is 2.08. The number of amides is 1. The number of carbonyl (C=O) groups is 1. The SMILES string of the molecule is CN(C)Cc1ccc(-c2cccc(C(=O)NN)c2)s1. The lowest BCUT2D eigenvalue weighted by Crippen LogP contribution is -2.29. The molecule has 0 bridgehead atoms. The molecule has 0 radical (unpaired) electrons. The average Bonchev–Trinajstić information content (AvgIpc) is 2.85. The fourth-order valence-electron chi connectivity index (χ4n) is 1.83. The molecule has 1 aromatic carbocycles. The Morgan fingerprint density at radius 1 is 1.32 bits per heavy atom. The van der Waals surface area contributed by atoms with Gasteiger partial charge in [-0.1, -0.05) is 12.1 Å². The summed E-state index contributed by atoms with van der Waals surface area (Å²) in [4.78, 5) is 16.1. The topological polar surface area (TPSA) is 58.4 Å². The minimum Gasteiger partial charge on any atom is -0.304 e. The Kier molecular flexibility index (Phi) is 4.31. The van der Waals surface area contributed by atoms with E-state index in [-0.39, 0.29) is 5.91 Å². The van der Waals surface area contributed by atoms with E-state index in [1.165, 1.54) is 4.88 Å². The van der Waals surface area contributed by atoms with Gasteiger partial charge in [-0.25, -0.2) is 5.84 Å². The first-order valence-electron chi connectivity index (χ1n) is 5.95. The van der Waals surface area contributed by atoms with Crippen molar-refractivity contribution in [2.24, 2.45) is 5.84 Å². The molecule has 0 saturated heterocycles. The Balaban J connectivity index is 2.26. The summed E-state index contributed by atoms with van der Waals surface area (Å²) < 4.78 is 0. The lowest BCUT2D eigenvalue weighted by atomic mass is 10.1. The van der Waals surface area contributed by atoms with Gasteiger partial charge in [0.25, 0.3) is 5.91 Å². The molecule has 0 saturated carbocycles.